The minimum absolute atomic E-state index is 0.928. The zero-order chi connectivity index (χ0) is 14.7. The van der Waals surface area contributed by atoms with Gasteiger partial charge in [-0.3, -0.25) is 0 Å². The summed E-state index contributed by atoms with van der Waals surface area (Å²) in [7, 11) is 0. The van der Waals surface area contributed by atoms with E-state index in [1.54, 1.807) is 0 Å². The number of rotatable bonds is 4. The summed E-state index contributed by atoms with van der Waals surface area (Å²) >= 11 is 3.49. The van der Waals surface area contributed by atoms with Gasteiger partial charge in [0.2, 0.25) is 0 Å². The van der Waals surface area contributed by atoms with E-state index in [0.717, 1.165) is 17.6 Å². The molecule has 3 rings (SSSR count). The first-order chi connectivity index (χ1) is 10.3. The lowest BCUT2D eigenvalue weighted by atomic mass is 10.1. The summed E-state index contributed by atoms with van der Waals surface area (Å²) in [4.78, 5) is 2.42. The summed E-state index contributed by atoms with van der Waals surface area (Å²) in [6, 6.07) is 23.7. The summed E-state index contributed by atoms with van der Waals surface area (Å²) in [5.41, 5.74) is 2.63. The van der Waals surface area contributed by atoms with E-state index in [4.69, 9.17) is 0 Å². The van der Waals surface area contributed by atoms with Crippen LogP contribution in [0.3, 0.4) is 0 Å². The summed E-state index contributed by atoms with van der Waals surface area (Å²) in [6.07, 6.45) is 0. The van der Waals surface area contributed by atoms with Crippen LogP contribution >= 0.6 is 15.9 Å². The van der Waals surface area contributed by atoms with Crippen LogP contribution < -0.4 is 4.90 Å². The predicted molar refractivity (Wildman–Crippen MR) is 94.8 cm³/mol. The topological polar surface area (TPSA) is 3.24 Å². The number of benzene rings is 3. The van der Waals surface area contributed by atoms with Gasteiger partial charge in [-0.25, -0.2) is 0 Å². The molecule has 2 heteroatoms. The molecular formula is C19H18BrN. The number of halogens is 1. The average molecular weight is 340 g/mol. The Morgan fingerprint density at radius 3 is 2.33 bits per heavy atom. The van der Waals surface area contributed by atoms with Gasteiger partial charge < -0.3 is 4.90 Å². The fourth-order valence-corrected chi connectivity index (χ4v) is 2.93. The molecule has 0 saturated carbocycles. The number of fused-ring (bicyclic) bond motifs is 1. The lowest BCUT2D eigenvalue weighted by Crippen LogP contribution is -2.22. The fourth-order valence-electron chi connectivity index (χ4n) is 2.66. The van der Waals surface area contributed by atoms with Crippen molar-refractivity contribution in [3.63, 3.8) is 0 Å². The molecule has 0 radical (unpaired) electrons. The SMILES string of the molecule is CCN(Cc1ccc(Br)cc1)c1cccc2ccccc12. The molecule has 3 aromatic rings. The Morgan fingerprint density at radius 1 is 0.857 bits per heavy atom. The molecule has 0 aromatic heterocycles. The molecule has 0 atom stereocenters. The second-order valence-electron chi connectivity index (χ2n) is 5.14. The third-order valence-electron chi connectivity index (χ3n) is 3.78. The molecule has 3 aromatic carbocycles. The largest absolute Gasteiger partial charge is 0.367 e. The van der Waals surface area contributed by atoms with Gasteiger partial charge in [0.1, 0.15) is 0 Å². The molecule has 0 bridgehead atoms. The first kappa shape index (κ1) is 14.2. The highest BCUT2D eigenvalue weighted by Gasteiger charge is 2.08. The van der Waals surface area contributed by atoms with Gasteiger partial charge in [-0.1, -0.05) is 64.5 Å². The van der Waals surface area contributed by atoms with E-state index in [1.807, 2.05) is 0 Å². The van der Waals surface area contributed by atoms with Crippen molar-refractivity contribution in [2.45, 2.75) is 13.5 Å². The first-order valence-corrected chi connectivity index (χ1v) is 8.04. The van der Waals surface area contributed by atoms with Gasteiger partial charge in [0, 0.05) is 28.6 Å². The molecule has 1 nitrogen and oxygen atoms in total. The van der Waals surface area contributed by atoms with Crippen LogP contribution in [0, 0.1) is 0 Å². The molecule has 21 heavy (non-hydrogen) atoms. The Hall–Kier alpha value is -1.80. The molecule has 0 amide bonds. The van der Waals surface area contributed by atoms with Crippen LogP contribution in [-0.2, 0) is 6.54 Å². The third-order valence-corrected chi connectivity index (χ3v) is 4.30. The van der Waals surface area contributed by atoms with Crippen LogP contribution in [0.4, 0.5) is 5.69 Å². The van der Waals surface area contributed by atoms with Crippen LogP contribution in [0.25, 0.3) is 10.8 Å². The quantitative estimate of drug-likeness (QED) is 0.595. The molecule has 0 aliphatic carbocycles. The van der Waals surface area contributed by atoms with E-state index in [0.29, 0.717) is 0 Å². The molecular weight excluding hydrogens is 322 g/mol. The third kappa shape index (κ3) is 3.11. The number of hydrogen-bond acceptors (Lipinski definition) is 1. The molecule has 0 heterocycles. The van der Waals surface area contributed by atoms with Crippen molar-refractivity contribution in [3.05, 3.63) is 76.8 Å². The van der Waals surface area contributed by atoms with Crippen molar-refractivity contribution < 1.29 is 0 Å². The highest BCUT2D eigenvalue weighted by Crippen LogP contribution is 2.27. The van der Waals surface area contributed by atoms with Crippen LogP contribution in [0.2, 0.25) is 0 Å². The second-order valence-corrected chi connectivity index (χ2v) is 6.05. The fraction of sp³-hybridized carbons (Fsp3) is 0.158. The van der Waals surface area contributed by atoms with E-state index in [2.05, 4.69) is 94.5 Å². The van der Waals surface area contributed by atoms with Gasteiger partial charge in [0.15, 0.2) is 0 Å². The van der Waals surface area contributed by atoms with E-state index in [-0.39, 0.29) is 0 Å². The molecule has 0 N–H and O–H groups in total. The van der Waals surface area contributed by atoms with Crippen molar-refractivity contribution in [1.82, 2.24) is 0 Å². The first-order valence-electron chi connectivity index (χ1n) is 7.25. The highest BCUT2D eigenvalue weighted by atomic mass is 79.9. The number of nitrogens with zero attached hydrogens (tertiary/aromatic N) is 1. The van der Waals surface area contributed by atoms with Crippen molar-refractivity contribution in [1.29, 1.82) is 0 Å². The van der Waals surface area contributed by atoms with E-state index >= 15 is 0 Å². The molecule has 0 aliphatic rings. The van der Waals surface area contributed by atoms with Crippen molar-refractivity contribution in [2.75, 3.05) is 11.4 Å². The highest BCUT2D eigenvalue weighted by molar-refractivity contribution is 9.10. The average Bonchev–Trinajstić information content (AvgIpc) is 2.54. The minimum Gasteiger partial charge on any atom is -0.367 e. The molecule has 0 spiro atoms. The summed E-state index contributed by atoms with van der Waals surface area (Å²) in [5, 5.41) is 2.61. The minimum atomic E-state index is 0.928. The number of anilines is 1. The Morgan fingerprint density at radius 2 is 1.57 bits per heavy atom. The monoisotopic (exact) mass is 339 g/mol. The standard InChI is InChI=1S/C19H18BrN/c1-2-21(14-15-10-12-17(20)13-11-15)19-9-5-7-16-6-3-4-8-18(16)19/h3-13H,2,14H2,1H3. The molecule has 0 fully saturated rings. The molecule has 0 saturated heterocycles. The Labute approximate surface area is 134 Å². The summed E-state index contributed by atoms with van der Waals surface area (Å²) in [6.45, 7) is 4.13. The lowest BCUT2D eigenvalue weighted by Gasteiger charge is -2.25. The van der Waals surface area contributed by atoms with Crippen LogP contribution in [0.15, 0.2) is 71.2 Å². The Balaban J connectivity index is 1.96. The smallest absolute Gasteiger partial charge is 0.0448 e. The van der Waals surface area contributed by atoms with Gasteiger partial charge >= 0.3 is 0 Å². The van der Waals surface area contributed by atoms with Crippen molar-refractivity contribution in [3.8, 4) is 0 Å². The van der Waals surface area contributed by atoms with Gasteiger partial charge in [-0.15, -0.1) is 0 Å². The van der Waals surface area contributed by atoms with Gasteiger partial charge in [-0.2, -0.15) is 0 Å². The number of hydrogen-bond donors (Lipinski definition) is 0. The van der Waals surface area contributed by atoms with Crippen molar-refractivity contribution in [2.24, 2.45) is 0 Å². The van der Waals surface area contributed by atoms with Crippen LogP contribution in [-0.4, -0.2) is 6.54 Å². The lowest BCUT2D eigenvalue weighted by molar-refractivity contribution is 0.836. The van der Waals surface area contributed by atoms with Gasteiger partial charge in [-0.05, 0) is 36.1 Å². The molecule has 0 unspecified atom stereocenters. The molecule has 0 aliphatic heterocycles. The summed E-state index contributed by atoms with van der Waals surface area (Å²) in [5.74, 6) is 0. The zero-order valence-electron chi connectivity index (χ0n) is 12.1. The van der Waals surface area contributed by atoms with Crippen LogP contribution in [0.1, 0.15) is 12.5 Å². The van der Waals surface area contributed by atoms with Crippen molar-refractivity contribution >= 4 is 32.4 Å². The predicted octanol–water partition coefficient (Wildman–Crippen LogP) is 5.63. The van der Waals surface area contributed by atoms with Crippen LogP contribution in [0.5, 0.6) is 0 Å². The second kappa shape index (κ2) is 6.31. The summed E-state index contributed by atoms with van der Waals surface area (Å²) < 4.78 is 1.12. The normalized spacial score (nSPS) is 10.8. The van der Waals surface area contributed by atoms with Gasteiger partial charge in [0.05, 0.1) is 0 Å². The maximum atomic E-state index is 3.49. The Bertz CT molecular complexity index is 729. The maximum Gasteiger partial charge on any atom is 0.0448 e. The Kier molecular flexibility index (Phi) is 4.26. The van der Waals surface area contributed by atoms with E-state index in [9.17, 15) is 0 Å². The maximum absolute atomic E-state index is 3.49. The van der Waals surface area contributed by atoms with Gasteiger partial charge in [0.25, 0.3) is 0 Å². The van der Waals surface area contributed by atoms with E-state index in [1.165, 1.54) is 22.0 Å². The van der Waals surface area contributed by atoms with E-state index < -0.39 is 0 Å². The zero-order valence-corrected chi connectivity index (χ0v) is 13.7. The molecule has 106 valence electrons.